The first-order valence-corrected chi connectivity index (χ1v) is 8.91. The first kappa shape index (κ1) is 17.5. The highest BCUT2D eigenvalue weighted by atomic mass is 35.5. The van der Waals surface area contributed by atoms with Crippen LogP contribution in [0.4, 0.5) is 0 Å². The summed E-state index contributed by atoms with van der Waals surface area (Å²) >= 11 is 7.42. The molecule has 1 saturated heterocycles. The number of amides is 1. The van der Waals surface area contributed by atoms with E-state index in [1.807, 2.05) is 24.3 Å². The van der Waals surface area contributed by atoms with Crippen molar-refractivity contribution in [1.29, 1.82) is 0 Å². The SMILES string of the molecule is C=CCN1C(=O)C(Cc2cccc(Cl)c2)S/C1=N/N=C/c1ccco1. The molecule has 1 aliphatic rings. The highest BCUT2D eigenvalue weighted by Crippen LogP contribution is 2.30. The molecule has 0 radical (unpaired) electrons. The van der Waals surface area contributed by atoms with Crippen LogP contribution in [0.5, 0.6) is 0 Å². The van der Waals surface area contributed by atoms with Crippen molar-refractivity contribution in [3.05, 3.63) is 71.7 Å². The van der Waals surface area contributed by atoms with Crippen molar-refractivity contribution in [2.45, 2.75) is 11.7 Å². The minimum Gasteiger partial charge on any atom is -0.463 e. The van der Waals surface area contributed by atoms with E-state index in [0.717, 1.165) is 5.56 Å². The largest absolute Gasteiger partial charge is 0.463 e. The molecule has 1 amide bonds. The Bertz CT molecular complexity index is 817. The second-order valence-electron chi connectivity index (χ2n) is 5.32. The maximum atomic E-state index is 12.7. The zero-order valence-electron chi connectivity index (χ0n) is 13.3. The molecule has 1 aromatic carbocycles. The number of hydrogen-bond acceptors (Lipinski definition) is 5. The standard InChI is InChI=1S/C18H16ClN3O2S/c1-2-8-22-17(23)16(11-13-5-3-6-14(19)10-13)25-18(22)21-20-12-15-7-4-9-24-15/h2-7,9-10,12,16H,1,8,11H2/b20-12+,21-18+. The Labute approximate surface area is 155 Å². The first-order valence-electron chi connectivity index (χ1n) is 7.65. The lowest BCUT2D eigenvalue weighted by Crippen LogP contribution is -2.32. The summed E-state index contributed by atoms with van der Waals surface area (Å²) in [5, 5.41) is 9.16. The fourth-order valence-electron chi connectivity index (χ4n) is 2.39. The molecule has 5 nitrogen and oxygen atoms in total. The second kappa shape index (κ2) is 8.18. The van der Waals surface area contributed by atoms with E-state index in [0.29, 0.717) is 28.9 Å². The Balaban J connectivity index is 1.76. The topological polar surface area (TPSA) is 58.2 Å². The molecule has 2 aromatic rings. The number of carbonyl (C=O) groups excluding carboxylic acids is 1. The lowest BCUT2D eigenvalue weighted by atomic mass is 10.1. The van der Waals surface area contributed by atoms with Gasteiger partial charge in [-0.2, -0.15) is 5.10 Å². The lowest BCUT2D eigenvalue weighted by Gasteiger charge is -2.12. The number of furan rings is 1. The van der Waals surface area contributed by atoms with Gasteiger partial charge in [0.1, 0.15) is 5.76 Å². The molecule has 0 saturated carbocycles. The summed E-state index contributed by atoms with van der Waals surface area (Å²) in [6.45, 7) is 4.10. The van der Waals surface area contributed by atoms with Gasteiger partial charge in [0.15, 0.2) is 5.17 Å². The van der Waals surface area contributed by atoms with Crippen LogP contribution in [0.3, 0.4) is 0 Å². The van der Waals surface area contributed by atoms with Crippen molar-refractivity contribution < 1.29 is 9.21 Å². The molecule has 3 rings (SSSR count). The van der Waals surface area contributed by atoms with Crippen LogP contribution in [0.2, 0.25) is 5.02 Å². The number of amidine groups is 1. The normalized spacial score (nSPS) is 19.2. The molecule has 0 bridgehead atoms. The van der Waals surface area contributed by atoms with Crippen LogP contribution in [0.25, 0.3) is 0 Å². The van der Waals surface area contributed by atoms with Crippen molar-refractivity contribution >= 4 is 40.7 Å². The summed E-state index contributed by atoms with van der Waals surface area (Å²) in [5.74, 6) is 0.598. The van der Waals surface area contributed by atoms with E-state index in [4.69, 9.17) is 16.0 Å². The van der Waals surface area contributed by atoms with Gasteiger partial charge in [-0.1, -0.05) is 41.6 Å². The monoisotopic (exact) mass is 373 g/mol. The molecule has 1 fully saturated rings. The number of rotatable bonds is 6. The third-order valence-corrected chi connectivity index (χ3v) is 4.91. The summed E-state index contributed by atoms with van der Waals surface area (Å²) in [7, 11) is 0. The van der Waals surface area contributed by atoms with Crippen LogP contribution in [0.15, 0.2) is 69.9 Å². The van der Waals surface area contributed by atoms with Crippen LogP contribution in [-0.2, 0) is 11.2 Å². The molecular formula is C18H16ClN3O2S. The summed E-state index contributed by atoms with van der Waals surface area (Å²) in [6.07, 6.45) is 5.33. The lowest BCUT2D eigenvalue weighted by molar-refractivity contribution is -0.125. The maximum Gasteiger partial charge on any atom is 0.242 e. The predicted molar refractivity (Wildman–Crippen MR) is 102 cm³/mol. The van der Waals surface area contributed by atoms with Crippen LogP contribution in [0, 0.1) is 0 Å². The summed E-state index contributed by atoms with van der Waals surface area (Å²) < 4.78 is 5.17. The molecule has 0 N–H and O–H groups in total. The van der Waals surface area contributed by atoms with E-state index in [9.17, 15) is 4.79 Å². The molecule has 1 aromatic heterocycles. The van der Waals surface area contributed by atoms with Gasteiger partial charge in [0.2, 0.25) is 5.91 Å². The molecule has 0 aliphatic carbocycles. The van der Waals surface area contributed by atoms with Gasteiger partial charge >= 0.3 is 0 Å². The number of thioether (sulfide) groups is 1. The third kappa shape index (κ3) is 4.41. The number of benzene rings is 1. The number of hydrogen-bond donors (Lipinski definition) is 0. The van der Waals surface area contributed by atoms with Gasteiger partial charge in [-0.15, -0.1) is 11.7 Å². The van der Waals surface area contributed by atoms with Gasteiger partial charge in [0.05, 0.1) is 17.7 Å². The molecule has 1 aliphatic heterocycles. The van der Waals surface area contributed by atoms with Gasteiger partial charge in [-0.25, -0.2) is 0 Å². The van der Waals surface area contributed by atoms with Crippen LogP contribution in [0.1, 0.15) is 11.3 Å². The van der Waals surface area contributed by atoms with E-state index in [1.54, 1.807) is 29.4 Å². The molecule has 1 unspecified atom stereocenters. The molecule has 25 heavy (non-hydrogen) atoms. The maximum absolute atomic E-state index is 12.7. The fraction of sp³-hybridized carbons (Fsp3) is 0.167. The summed E-state index contributed by atoms with van der Waals surface area (Å²) in [6, 6.07) is 11.1. The van der Waals surface area contributed by atoms with Gasteiger partial charge in [0, 0.05) is 11.6 Å². The van der Waals surface area contributed by atoms with Crippen molar-refractivity contribution in [3.63, 3.8) is 0 Å². The quantitative estimate of drug-likeness (QED) is 0.437. The Morgan fingerprint density at radius 2 is 2.24 bits per heavy atom. The van der Waals surface area contributed by atoms with Crippen molar-refractivity contribution in [3.8, 4) is 0 Å². The van der Waals surface area contributed by atoms with E-state index < -0.39 is 0 Å². The zero-order chi connectivity index (χ0) is 17.6. The average Bonchev–Trinajstić information content (AvgIpc) is 3.20. The van der Waals surface area contributed by atoms with Crippen molar-refractivity contribution in [1.82, 2.24) is 4.90 Å². The minimum atomic E-state index is -0.254. The highest BCUT2D eigenvalue weighted by Gasteiger charge is 2.37. The van der Waals surface area contributed by atoms with E-state index in [1.165, 1.54) is 18.0 Å². The predicted octanol–water partition coefficient (Wildman–Crippen LogP) is 4.00. The third-order valence-electron chi connectivity index (χ3n) is 3.51. The number of halogens is 1. The van der Waals surface area contributed by atoms with Crippen molar-refractivity contribution in [2.75, 3.05) is 6.54 Å². The van der Waals surface area contributed by atoms with Crippen LogP contribution < -0.4 is 0 Å². The average molecular weight is 374 g/mol. The Kier molecular flexibility index (Phi) is 5.73. The van der Waals surface area contributed by atoms with Gasteiger partial charge in [0.25, 0.3) is 0 Å². The number of carbonyl (C=O) groups is 1. The van der Waals surface area contributed by atoms with Crippen molar-refractivity contribution in [2.24, 2.45) is 10.2 Å². The van der Waals surface area contributed by atoms with E-state index in [-0.39, 0.29) is 11.2 Å². The minimum absolute atomic E-state index is 0.00294. The molecule has 7 heteroatoms. The van der Waals surface area contributed by atoms with Crippen LogP contribution in [-0.4, -0.2) is 34.0 Å². The molecular weight excluding hydrogens is 358 g/mol. The Morgan fingerprint density at radius 1 is 1.36 bits per heavy atom. The zero-order valence-corrected chi connectivity index (χ0v) is 14.9. The van der Waals surface area contributed by atoms with Crippen LogP contribution >= 0.6 is 23.4 Å². The summed E-state index contributed by atoms with van der Waals surface area (Å²) in [5.41, 5.74) is 1.01. The Morgan fingerprint density at radius 3 is 2.96 bits per heavy atom. The highest BCUT2D eigenvalue weighted by molar-refractivity contribution is 8.15. The van der Waals surface area contributed by atoms with Gasteiger partial charge in [-0.05, 0) is 36.2 Å². The fourth-order valence-corrected chi connectivity index (χ4v) is 3.75. The molecule has 0 spiro atoms. The second-order valence-corrected chi connectivity index (χ2v) is 6.93. The smallest absolute Gasteiger partial charge is 0.242 e. The molecule has 1 atom stereocenters. The molecule has 128 valence electrons. The Hall–Kier alpha value is -2.31. The van der Waals surface area contributed by atoms with Gasteiger partial charge < -0.3 is 4.42 Å². The number of nitrogens with zero attached hydrogens (tertiary/aromatic N) is 3. The van der Waals surface area contributed by atoms with E-state index >= 15 is 0 Å². The molecule has 2 heterocycles. The van der Waals surface area contributed by atoms with E-state index in [2.05, 4.69) is 16.8 Å². The first-order chi connectivity index (χ1) is 12.2. The van der Waals surface area contributed by atoms with Gasteiger partial charge in [-0.3, -0.25) is 9.69 Å². The summed E-state index contributed by atoms with van der Waals surface area (Å²) in [4.78, 5) is 14.2.